The van der Waals surface area contributed by atoms with Gasteiger partial charge >= 0.3 is 0 Å². The first-order chi connectivity index (χ1) is 12.7. The smallest absolute Gasteiger partial charge is 0.193 e. The van der Waals surface area contributed by atoms with Gasteiger partial charge in [0.1, 0.15) is 5.82 Å². The first kappa shape index (κ1) is 22.2. The Kier molecular flexibility index (Phi) is 9.08. The fraction of sp³-hybridized carbons (Fsp3) is 0.700. The number of nitrogens with one attached hydrogen (secondary N) is 1. The second-order valence-corrected chi connectivity index (χ2v) is 7.52. The van der Waals surface area contributed by atoms with Gasteiger partial charge < -0.3 is 20.0 Å². The van der Waals surface area contributed by atoms with Crippen molar-refractivity contribution in [2.24, 2.45) is 10.9 Å². The third-order valence-electron chi connectivity index (χ3n) is 5.70. The van der Waals surface area contributed by atoms with Gasteiger partial charge in [-0.05, 0) is 36.9 Å². The minimum absolute atomic E-state index is 0. The lowest BCUT2D eigenvalue weighted by Gasteiger charge is -2.34. The SMILES string of the molecule is CCN1CCN(c2ccc(CNC(=NC)N3CCC(C)CC3)cn2)CC1.I. The van der Waals surface area contributed by atoms with Gasteiger partial charge in [-0.25, -0.2) is 4.98 Å². The van der Waals surface area contributed by atoms with E-state index in [0.717, 1.165) is 70.1 Å². The van der Waals surface area contributed by atoms with Gasteiger partial charge in [0, 0.05) is 59.1 Å². The van der Waals surface area contributed by atoms with Gasteiger partial charge in [0.25, 0.3) is 0 Å². The Labute approximate surface area is 181 Å². The fourth-order valence-electron chi connectivity index (χ4n) is 3.74. The summed E-state index contributed by atoms with van der Waals surface area (Å²) in [6.45, 7) is 13.1. The molecule has 0 saturated carbocycles. The number of rotatable bonds is 4. The fourth-order valence-corrected chi connectivity index (χ4v) is 3.74. The Morgan fingerprint density at radius 1 is 1.15 bits per heavy atom. The average molecular weight is 486 g/mol. The first-order valence-corrected chi connectivity index (χ1v) is 10.1. The molecule has 1 aromatic heterocycles. The number of hydrogen-bond donors (Lipinski definition) is 1. The summed E-state index contributed by atoms with van der Waals surface area (Å²) in [6, 6.07) is 4.34. The molecule has 0 radical (unpaired) electrons. The molecule has 152 valence electrons. The molecular weight excluding hydrogens is 451 g/mol. The number of nitrogens with zero attached hydrogens (tertiary/aromatic N) is 5. The summed E-state index contributed by atoms with van der Waals surface area (Å²) in [5.74, 6) is 2.94. The third kappa shape index (κ3) is 6.20. The average Bonchev–Trinajstić information content (AvgIpc) is 2.70. The molecule has 0 unspecified atom stereocenters. The molecule has 0 amide bonds. The van der Waals surface area contributed by atoms with Crippen LogP contribution in [0.2, 0.25) is 0 Å². The third-order valence-corrected chi connectivity index (χ3v) is 5.70. The molecule has 0 atom stereocenters. The van der Waals surface area contributed by atoms with E-state index in [9.17, 15) is 0 Å². The molecular formula is C20H35IN6. The molecule has 1 N–H and O–H groups in total. The summed E-state index contributed by atoms with van der Waals surface area (Å²) >= 11 is 0. The van der Waals surface area contributed by atoms with Crippen molar-refractivity contribution in [3.63, 3.8) is 0 Å². The van der Waals surface area contributed by atoms with E-state index in [1.54, 1.807) is 0 Å². The van der Waals surface area contributed by atoms with E-state index < -0.39 is 0 Å². The van der Waals surface area contributed by atoms with Crippen LogP contribution in [0.3, 0.4) is 0 Å². The molecule has 27 heavy (non-hydrogen) atoms. The molecule has 3 rings (SSSR count). The number of likely N-dealkylation sites (N-methyl/N-ethyl adjacent to an activating group) is 1. The number of likely N-dealkylation sites (tertiary alicyclic amines) is 1. The second kappa shape index (κ2) is 11.0. The predicted octanol–water partition coefficient (Wildman–Crippen LogP) is 2.65. The Hall–Kier alpha value is -1.09. The van der Waals surface area contributed by atoms with Gasteiger partial charge in [0.2, 0.25) is 0 Å². The molecule has 1 aromatic rings. The standard InChI is InChI=1S/C20H34N6.HI/c1-4-24-11-13-25(14-12-24)19-6-5-18(15-22-19)16-23-20(21-3)26-9-7-17(2)8-10-26;/h5-6,15,17H,4,7-14,16H2,1-3H3,(H,21,23);1H. The van der Waals surface area contributed by atoms with E-state index in [1.807, 2.05) is 13.2 Å². The van der Waals surface area contributed by atoms with Crippen molar-refractivity contribution in [1.29, 1.82) is 0 Å². The summed E-state index contributed by atoms with van der Waals surface area (Å²) in [5, 5.41) is 3.50. The normalized spacial score (nSPS) is 19.7. The number of halogens is 1. The van der Waals surface area contributed by atoms with Gasteiger partial charge in [0.05, 0.1) is 0 Å². The second-order valence-electron chi connectivity index (χ2n) is 7.52. The van der Waals surface area contributed by atoms with Gasteiger partial charge in [0.15, 0.2) is 5.96 Å². The molecule has 7 heteroatoms. The molecule has 2 saturated heterocycles. The van der Waals surface area contributed by atoms with Crippen LogP contribution in [0.25, 0.3) is 0 Å². The zero-order chi connectivity index (χ0) is 18.4. The van der Waals surface area contributed by atoms with E-state index in [1.165, 1.54) is 18.4 Å². The zero-order valence-electron chi connectivity index (χ0n) is 17.0. The monoisotopic (exact) mass is 486 g/mol. The summed E-state index contributed by atoms with van der Waals surface area (Å²) in [6.07, 6.45) is 4.50. The zero-order valence-corrected chi connectivity index (χ0v) is 19.4. The quantitative estimate of drug-likeness (QED) is 0.403. The van der Waals surface area contributed by atoms with Crippen molar-refractivity contribution < 1.29 is 0 Å². The molecule has 0 spiro atoms. The highest BCUT2D eigenvalue weighted by Gasteiger charge is 2.19. The Bertz CT molecular complexity index is 575. The molecule has 2 aliphatic heterocycles. The first-order valence-electron chi connectivity index (χ1n) is 10.1. The maximum Gasteiger partial charge on any atom is 0.193 e. The van der Waals surface area contributed by atoms with Gasteiger partial charge in [-0.15, -0.1) is 24.0 Å². The Balaban J connectivity index is 0.00000261. The van der Waals surface area contributed by atoms with Crippen LogP contribution < -0.4 is 10.2 Å². The van der Waals surface area contributed by atoms with Crippen molar-refractivity contribution in [2.45, 2.75) is 33.2 Å². The van der Waals surface area contributed by atoms with Crippen LogP contribution in [0.5, 0.6) is 0 Å². The van der Waals surface area contributed by atoms with Crippen molar-refractivity contribution in [3.8, 4) is 0 Å². The summed E-state index contributed by atoms with van der Waals surface area (Å²) in [7, 11) is 1.87. The number of anilines is 1. The Morgan fingerprint density at radius 3 is 2.41 bits per heavy atom. The van der Waals surface area contributed by atoms with Crippen molar-refractivity contribution >= 4 is 35.8 Å². The van der Waals surface area contributed by atoms with Crippen LogP contribution in [0.1, 0.15) is 32.3 Å². The molecule has 2 aliphatic rings. The van der Waals surface area contributed by atoms with E-state index in [4.69, 9.17) is 4.98 Å². The molecule has 3 heterocycles. The number of pyridine rings is 1. The molecule has 6 nitrogen and oxygen atoms in total. The minimum atomic E-state index is 0. The van der Waals surface area contributed by atoms with E-state index in [-0.39, 0.29) is 24.0 Å². The van der Waals surface area contributed by atoms with Crippen molar-refractivity contribution in [3.05, 3.63) is 23.9 Å². The highest BCUT2D eigenvalue weighted by atomic mass is 127. The number of piperidine rings is 1. The van der Waals surface area contributed by atoms with E-state index >= 15 is 0 Å². The number of piperazine rings is 1. The lowest BCUT2D eigenvalue weighted by Crippen LogP contribution is -2.46. The molecule has 0 bridgehead atoms. The lowest BCUT2D eigenvalue weighted by molar-refractivity contribution is 0.270. The van der Waals surface area contributed by atoms with E-state index in [0.29, 0.717) is 0 Å². The summed E-state index contributed by atoms with van der Waals surface area (Å²) in [5.41, 5.74) is 1.20. The summed E-state index contributed by atoms with van der Waals surface area (Å²) < 4.78 is 0. The number of aromatic nitrogens is 1. The topological polar surface area (TPSA) is 47.0 Å². The number of hydrogen-bond acceptors (Lipinski definition) is 4. The maximum atomic E-state index is 4.69. The van der Waals surface area contributed by atoms with Gasteiger partial charge in [-0.3, -0.25) is 4.99 Å². The lowest BCUT2D eigenvalue weighted by atomic mass is 10.00. The van der Waals surface area contributed by atoms with Crippen molar-refractivity contribution in [2.75, 3.05) is 57.8 Å². The largest absolute Gasteiger partial charge is 0.354 e. The van der Waals surface area contributed by atoms with Crippen molar-refractivity contribution in [1.82, 2.24) is 20.1 Å². The highest BCUT2D eigenvalue weighted by molar-refractivity contribution is 14.0. The van der Waals surface area contributed by atoms with Gasteiger partial charge in [-0.1, -0.05) is 19.9 Å². The minimum Gasteiger partial charge on any atom is -0.354 e. The Morgan fingerprint density at radius 2 is 1.85 bits per heavy atom. The van der Waals surface area contributed by atoms with E-state index in [2.05, 4.69) is 51.0 Å². The molecule has 0 aliphatic carbocycles. The molecule has 2 fully saturated rings. The summed E-state index contributed by atoms with van der Waals surface area (Å²) in [4.78, 5) is 16.4. The highest BCUT2D eigenvalue weighted by Crippen LogP contribution is 2.16. The predicted molar refractivity (Wildman–Crippen MR) is 124 cm³/mol. The number of guanidine groups is 1. The van der Waals surface area contributed by atoms with Crippen LogP contribution in [0.15, 0.2) is 23.3 Å². The van der Waals surface area contributed by atoms with Gasteiger partial charge in [-0.2, -0.15) is 0 Å². The molecule has 0 aromatic carbocycles. The van der Waals surface area contributed by atoms with Crippen LogP contribution in [-0.4, -0.2) is 73.6 Å². The van der Waals surface area contributed by atoms with Crippen LogP contribution in [0, 0.1) is 5.92 Å². The maximum absolute atomic E-state index is 4.69. The number of aliphatic imine (C=N–C) groups is 1. The van der Waals surface area contributed by atoms with Crippen LogP contribution in [-0.2, 0) is 6.54 Å². The van der Waals surface area contributed by atoms with Crippen LogP contribution >= 0.6 is 24.0 Å². The van der Waals surface area contributed by atoms with Crippen LogP contribution in [0.4, 0.5) is 5.82 Å².